The highest BCUT2D eigenvalue weighted by molar-refractivity contribution is 6.33. The maximum absolute atomic E-state index is 14.3. The van der Waals surface area contributed by atoms with Crippen LogP contribution in [0, 0.1) is 0 Å². The molecular formula is C31H22N4O. The third-order valence-corrected chi connectivity index (χ3v) is 7.03. The average Bonchev–Trinajstić information content (AvgIpc) is 3.46. The first kappa shape index (κ1) is 20.6. The molecule has 0 fully saturated rings. The van der Waals surface area contributed by atoms with Crippen molar-refractivity contribution in [2.24, 2.45) is 0 Å². The fourth-order valence-corrected chi connectivity index (χ4v) is 5.70. The molecule has 172 valence electrons. The lowest BCUT2D eigenvalue weighted by atomic mass is 9.98. The first-order valence-electron chi connectivity index (χ1n) is 12.2. The smallest absolute Gasteiger partial charge is 0.264 e. The summed E-state index contributed by atoms with van der Waals surface area (Å²) in [6.45, 7) is 4.00. The number of fused-ring (bicyclic) bond motifs is 10. The lowest BCUT2D eigenvalue weighted by Gasteiger charge is -2.14. The van der Waals surface area contributed by atoms with Gasteiger partial charge in [0.1, 0.15) is 0 Å². The molecule has 0 amide bonds. The Labute approximate surface area is 206 Å². The third-order valence-electron chi connectivity index (χ3n) is 7.03. The van der Waals surface area contributed by atoms with Crippen molar-refractivity contribution in [3.05, 3.63) is 108 Å². The Balaban J connectivity index is 0.00000108. The van der Waals surface area contributed by atoms with E-state index < -0.39 is 0 Å². The molecule has 0 aliphatic carbocycles. The normalized spacial score (nSPS) is 11.7. The van der Waals surface area contributed by atoms with Gasteiger partial charge in [-0.25, -0.2) is 0 Å². The highest BCUT2D eigenvalue weighted by Gasteiger charge is 2.23. The highest BCUT2D eigenvalue weighted by atomic mass is 16.1. The van der Waals surface area contributed by atoms with Crippen LogP contribution in [-0.2, 0) is 0 Å². The summed E-state index contributed by atoms with van der Waals surface area (Å²) in [7, 11) is 0. The molecule has 5 aromatic heterocycles. The lowest BCUT2D eigenvalue weighted by molar-refractivity contribution is 1.06. The van der Waals surface area contributed by atoms with Crippen molar-refractivity contribution < 1.29 is 0 Å². The summed E-state index contributed by atoms with van der Waals surface area (Å²) in [4.78, 5) is 23.1. The van der Waals surface area contributed by atoms with Gasteiger partial charge in [-0.3, -0.25) is 19.3 Å². The quantitative estimate of drug-likeness (QED) is 0.242. The average molecular weight is 467 g/mol. The Morgan fingerprint density at radius 1 is 0.611 bits per heavy atom. The van der Waals surface area contributed by atoms with Gasteiger partial charge in [-0.1, -0.05) is 50.2 Å². The molecule has 3 aromatic carbocycles. The first-order valence-corrected chi connectivity index (χ1v) is 12.2. The second-order valence-corrected chi connectivity index (χ2v) is 8.68. The van der Waals surface area contributed by atoms with Gasteiger partial charge in [0.25, 0.3) is 5.56 Å². The molecule has 0 radical (unpaired) electrons. The van der Waals surface area contributed by atoms with Crippen LogP contribution in [0.4, 0.5) is 0 Å². The van der Waals surface area contributed by atoms with Gasteiger partial charge in [0, 0.05) is 45.0 Å². The van der Waals surface area contributed by atoms with E-state index in [-0.39, 0.29) is 5.56 Å². The van der Waals surface area contributed by atoms with Gasteiger partial charge in [-0.2, -0.15) is 0 Å². The molecule has 0 bridgehead atoms. The SMILES string of the molecule is CC.O=c1c2c(cc3c4ccncc4n4c5cnccc5c2c34)c2ccccc2n1-c1ccccc1. The van der Waals surface area contributed by atoms with Crippen LogP contribution in [0.2, 0.25) is 0 Å². The van der Waals surface area contributed by atoms with Gasteiger partial charge in [0.05, 0.1) is 39.8 Å². The second kappa shape index (κ2) is 7.62. The van der Waals surface area contributed by atoms with Crippen molar-refractivity contribution in [1.82, 2.24) is 18.9 Å². The van der Waals surface area contributed by atoms with Crippen LogP contribution in [0.3, 0.4) is 0 Å². The van der Waals surface area contributed by atoms with Crippen molar-refractivity contribution in [2.45, 2.75) is 13.8 Å². The van der Waals surface area contributed by atoms with Crippen molar-refractivity contribution >= 4 is 59.8 Å². The van der Waals surface area contributed by atoms with Gasteiger partial charge in [-0.05, 0) is 41.8 Å². The van der Waals surface area contributed by atoms with Crippen LogP contribution < -0.4 is 5.56 Å². The van der Waals surface area contributed by atoms with E-state index in [0.717, 1.165) is 65.5 Å². The number of pyridine rings is 3. The van der Waals surface area contributed by atoms with Crippen LogP contribution >= 0.6 is 0 Å². The van der Waals surface area contributed by atoms with Crippen molar-refractivity contribution in [3.8, 4) is 5.69 Å². The minimum Gasteiger partial charge on any atom is -0.305 e. The predicted molar refractivity (Wildman–Crippen MR) is 149 cm³/mol. The molecule has 8 aromatic rings. The van der Waals surface area contributed by atoms with Crippen molar-refractivity contribution in [2.75, 3.05) is 0 Å². The minimum absolute atomic E-state index is 0.0172. The Morgan fingerprint density at radius 3 is 2.03 bits per heavy atom. The number of benzene rings is 3. The van der Waals surface area contributed by atoms with Crippen LogP contribution in [0.15, 0.2) is 102 Å². The molecule has 0 unspecified atom stereocenters. The third kappa shape index (κ3) is 2.52. The van der Waals surface area contributed by atoms with Crippen LogP contribution in [0.25, 0.3) is 65.5 Å². The molecule has 5 nitrogen and oxygen atoms in total. The second-order valence-electron chi connectivity index (χ2n) is 8.68. The molecule has 0 saturated heterocycles. The Kier molecular flexibility index (Phi) is 4.36. The molecule has 0 atom stereocenters. The summed E-state index contributed by atoms with van der Waals surface area (Å²) < 4.78 is 4.05. The largest absolute Gasteiger partial charge is 0.305 e. The number of nitrogens with zero attached hydrogens (tertiary/aromatic N) is 4. The molecule has 36 heavy (non-hydrogen) atoms. The molecule has 5 heteroatoms. The van der Waals surface area contributed by atoms with E-state index in [1.165, 1.54) is 0 Å². The predicted octanol–water partition coefficient (Wildman–Crippen LogP) is 7.11. The molecule has 0 N–H and O–H groups in total. The Hall–Kier alpha value is -4.77. The van der Waals surface area contributed by atoms with Gasteiger partial charge in [-0.15, -0.1) is 0 Å². The van der Waals surface area contributed by atoms with E-state index in [1.54, 1.807) is 6.20 Å². The van der Waals surface area contributed by atoms with E-state index in [0.29, 0.717) is 0 Å². The van der Waals surface area contributed by atoms with Crippen molar-refractivity contribution in [1.29, 1.82) is 0 Å². The van der Waals surface area contributed by atoms with E-state index in [2.05, 4.69) is 32.6 Å². The topological polar surface area (TPSA) is 52.2 Å². The maximum atomic E-state index is 14.3. The molecule has 8 rings (SSSR count). The summed E-state index contributed by atoms with van der Waals surface area (Å²) in [5, 5.41) is 7.00. The van der Waals surface area contributed by atoms with Crippen molar-refractivity contribution in [3.63, 3.8) is 0 Å². The molecule has 0 spiro atoms. The molecule has 0 saturated carbocycles. The fourth-order valence-electron chi connectivity index (χ4n) is 5.70. The Morgan fingerprint density at radius 2 is 1.25 bits per heavy atom. The van der Waals surface area contributed by atoms with Gasteiger partial charge in [0.2, 0.25) is 0 Å². The van der Waals surface area contributed by atoms with E-state index in [4.69, 9.17) is 0 Å². The fraction of sp³-hybridized carbons (Fsp3) is 0.0645. The number of rotatable bonds is 1. The van der Waals surface area contributed by atoms with Gasteiger partial charge in [0.15, 0.2) is 0 Å². The van der Waals surface area contributed by atoms with E-state index in [9.17, 15) is 4.79 Å². The lowest BCUT2D eigenvalue weighted by Crippen LogP contribution is -2.19. The molecule has 0 aliphatic heterocycles. The highest BCUT2D eigenvalue weighted by Crippen LogP contribution is 2.43. The zero-order valence-electron chi connectivity index (χ0n) is 19.9. The van der Waals surface area contributed by atoms with Gasteiger partial charge >= 0.3 is 0 Å². The van der Waals surface area contributed by atoms with Crippen LogP contribution in [0.1, 0.15) is 13.8 Å². The summed E-state index contributed by atoms with van der Waals surface area (Å²) in [6.07, 6.45) is 7.40. The Bertz CT molecular complexity index is 2140. The number of hydrogen-bond acceptors (Lipinski definition) is 3. The number of para-hydroxylation sites is 2. The molecular weight excluding hydrogens is 444 g/mol. The number of hydrogen-bond donors (Lipinski definition) is 0. The summed E-state index contributed by atoms with van der Waals surface area (Å²) >= 11 is 0. The monoisotopic (exact) mass is 466 g/mol. The van der Waals surface area contributed by atoms with Gasteiger partial charge < -0.3 is 4.40 Å². The summed E-state index contributed by atoms with van der Waals surface area (Å²) in [5.74, 6) is 0. The van der Waals surface area contributed by atoms with E-state index in [1.807, 2.05) is 91.6 Å². The summed E-state index contributed by atoms with van der Waals surface area (Å²) in [5.41, 5.74) is 4.79. The molecule has 0 aliphatic rings. The standard InChI is InChI=1S/C29H16N4O.C2H6/c34-29-27-21(18-8-4-5-9-23(18)32(29)17-6-2-1-3-7-17)14-22-19-10-12-30-15-24(19)33-25-16-31-13-11-20(25)26(27)28(22)33;1-2/h1-16H;1-2H3. The number of aromatic nitrogens is 4. The maximum Gasteiger partial charge on any atom is 0.264 e. The first-order chi connectivity index (χ1) is 17.8. The van der Waals surface area contributed by atoms with Crippen LogP contribution in [0.5, 0.6) is 0 Å². The summed E-state index contributed by atoms with van der Waals surface area (Å²) in [6, 6.07) is 24.3. The molecule has 5 heterocycles. The minimum atomic E-state index is -0.0172. The van der Waals surface area contributed by atoms with Crippen LogP contribution in [-0.4, -0.2) is 18.9 Å². The van der Waals surface area contributed by atoms with E-state index >= 15 is 0 Å². The zero-order valence-corrected chi connectivity index (χ0v) is 19.9. The zero-order chi connectivity index (χ0) is 24.4.